The normalized spacial score (nSPS) is 10.5. The van der Waals surface area contributed by atoms with E-state index in [1.54, 1.807) is 6.07 Å². The fourth-order valence-corrected chi connectivity index (χ4v) is 1.11. The first-order chi connectivity index (χ1) is 7.13. The molecular weight excluding hydrogens is 213 g/mol. The molecule has 1 rings (SSSR count). The first-order valence-electron chi connectivity index (χ1n) is 4.50. The molecule has 0 spiro atoms. The molecule has 1 aromatic carbocycles. The van der Waals surface area contributed by atoms with E-state index in [1.807, 2.05) is 13.0 Å². The molecule has 0 saturated carbocycles. The minimum atomic E-state index is -0.303. The molecule has 0 unspecified atom stereocenters. The maximum absolute atomic E-state index is 13.4. The van der Waals surface area contributed by atoms with Crippen molar-refractivity contribution in [2.75, 3.05) is 0 Å². The maximum atomic E-state index is 13.4. The summed E-state index contributed by atoms with van der Waals surface area (Å²) in [7, 11) is 0. The Bertz CT molecular complexity index is 390. The molecule has 3 N–H and O–H groups in total. The average Bonchev–Trinajstić information content (AvgIpc) is 2.20. The van der Waals surface area contributed by atoms with Crippen LogP contribution in [-0.2, 0) is 6.42 Å². The first kappa shape index (κ1) is 11.6. The van der Waals surface area contributed by atoms with Gasteiger partial charge in [-0.25, -0.2) is 4.39 Å². The Hall–Kier alpha value is -1.49. The SMILES string of the molecule is CCc1ccc(C=NNC(N)=S)c(F)c1. The van der Waals surface area contributed by atoms with E-state index in [0.717, 1.165) is 12.0 Å². The Morgan fingerprint density at radius 3 is 2.93 bits per heavy atom. The summed E-state index contributed by atoms with van der Waals surface area (Å²) in [5.41, 5.74) is 8.86. The van der Waals surface area contributed by atoms with Crippen molar-refractivity contribution in [2.45, 2.75) is 13.3 Å². The van der Waals surface area contributed by atoms with Gasteiger partial charge in [0.1, 0.15) is 5.82 Å². The molecule has 0 aromatic heterocycles. The smallest absolute Gasteiger partial charge is 0.184 e. The van der Waals surface area contributed by atoms with E-state index in [2.05, 4.69) is 22.7 Å². The van der Waals surface area contributed by atoms with Crippen LogP contribution in [-0.4, -0.2) is 11.3 Å². The van der Waals surface area contributed by atoms with Crippen molar-refractivity contribution >= 4 is 23.5 Å². The second-order valence-electron chi connectivity index (χ2n) is 2.94. The number of hydrogen-bond donors (Lipinski definition) is 2. The van der Waals surface area contributed by atoms with Crippen LogP contribution in [0.1, 0.15) is 18.1 Å². The van der Waals surface area contributed by atoms with Crippen molar-refractivity contribution in [2.24, 2.45) is 10.8 Å². The zero-order chi connectivity index (χ0) is 11.3. The molecule has 0 fully saturated rings. The lowest BCUT2D eigenvalue weighted by atomic mass is 10.1. The lowest BCUT2D eigenvalue weighted by molar-refractivity contribution is 0.623. The van der Waals surface area contributed by atoms with Gasteiger partial charge >= 0.3 is 0 Å². The van der Waals surface area contributed by atoms with E-state index in [4.69, 9.17) is 5.73 Å². The molecule has 5 heteroatoms. The zero-order valence-electron chi connectivity index (χ0n) is 8.33. The highest BCUT2D eigenvalue weighted by atomic mass is 32.1. The van der Waals surface area contributed by atoms with Crippen LogP contribution >= 0.6 is 12.2 Å². The Morgan fingerprint density at radius 1 is 1.67 bits per heavy atom. The van der Waals surface area contributed by atoms with Gasteiger partial charge in [0.15, 0.2) is 5.11 Å². The number of thiocarbonyl (C=S) groups is 1. The van der Waals surface area contributed by atoms with Gasteiger partial charge in [-0.05, 0) is 30.3 Å². The van der Waals surface area contributed by atoms with Crippen LogP contribution in [0.2, 0.25) is 0 Å². The Labute approximate surface area is 93.2 Å². The molecule has 0 aliphatic rings. The zero-order valence-corrected chi connectivity index (χ0v) is 9.14. The van der Waals surface area contributed by atoms with Crippen LogP contribution in [0.5, 0.6) is 0 Å². The topological polar surface area (TPSA) is 50.4 Å². The molecule has 0 atom stereocenters. The molecule has 0 aliphatic heterocycles. The second-order valence-corrected chi connectivity index (χ2v) is 3.38. The van der Waals surface area contributed by atoms with E-state index in [9.17, 15) is 4.39 Å². The lowest BCUT2D eigenvalue weighted by Gasteiger charge is -2.00. The lowest BCUT2D eigenvalue weighted by Crippen LogP contribution is -2.24. The van der Waals surface area contributed by atoms with Crippen molar-refractivity contribution in [1.29, 1.82) is 0 Å². The molecule has 0 saturated heterocycles. The molecular formula is C10H12FN3S. The summed E-state index contributed by atoms with van der Waals surface area (Å²) in [4.78, 5) is 0. The number of nitrogens with two attached hydrogens (primary N) is 1. The van der Waals surface area contributed by atoms with E-state index >= 15 is 0 Å². The van der Waals surface area contributed by atoms with E-state index in [1.165, 1.54) is 12.3 Å². The Balaban J connectivity index is 2.78. The fraction of sp³-hybridized carbons (Fsp3) is 0.200. The standard InChI is InChI=1S/C10H12FN3S/c1-2-7-3-4-8(9(11)5-7)6-13-14-10(12)15/h3-6H,2H2,1H3,(H3,12,14,15). The third-order valence-electron chi connectivity index (χ3n) is 1.85. The van der Waals surface area contributed by atoms with Crippen LogP contribution in [0.15, 0.2) is 23.3 Å². The monoisotopic (exact) mass is 225 g/mol. The number of nitrogens with one attached hydrogen (secondary N) is 1. The molecule has 0 radical (unpaired) electrons. The highest BCUT2D eigenvalue weighted by Gasteiger charge is 1.99. The van der Waals surface area contributed by atoms with Gasteiger partial charge < -0.3 is 5.73 Å². The van der Waals surface area contributed by atoms with Gasteiger partial charge in [0.25, 0.3) is 0 Å². The number of rotatable bonds is 3. The number of hydrazone groups is 1. The van der Waals surface area contributed by atoms with E-state index in [0.29, 0.717) is 5.56 Å². The maximum Gasteiger partial charge on any atom is 0.184 e. The Morgan fingerprint density at radius 2 is 2.40 bits per heavy atom. The summed E-state index contributed by atoms with van der Waals surface area (Å²) >= 11 is 4.54. The summed E-state index contributed by atoms with van der Waals surface area (Å²) in [5.74, 6) is -0.303. The Kier molecular flexibility index (Phi) is 4.17. The fourth-order valence-electron chi connectivity index (χ4n) is 1.06. The van der Waals surface area contributed by atoms with Gasteiger partial charge in [0.05, 0.1) is 6.21 Å². The summed E-state index contributed by atoms with van der Waals surface area (Å²) in [6, 6.07) is 5.01. The third kappa shape index (κ3) is 3.63. The molecule has 1 aromatic rings. The predicted octanol–water partition coefficient (Wildman–Crippen LogP) is 1.56. The number of benzene rings is 1. The molecule has 0 amide bonds. The van der Waals surface area contributed by atoms with E-state index < -0.39 is 0 Å². The highest BCUT2D eigenvalue weighted by Crippen LogP contribution is 2.08. The molecule has 15 heavy (non-hydrogen) atoms. The summed E-state index contributed by atoms with van der Waals surface area (Å²) in [5, 5.41) is 3.73. The molecule has 0 heterocycles. The van der Waals surface area contributed by atoms with Crippen LogP contribution in [0.3, 0.4) is 0 Å². The van der Waals surface area contributed by atoms with E-state index in [-0.39, 0.29) is 10.9 Å². The van der Waals surface area contributed by atoms with Gasteiger partial charge in [-0.1, -0.05) is 19.1 Å². The van der Waals surface area contributed by atoms with Gasteiger partial charge in [0.2, 0.25) is 0 Å². The third-order valence-corrected chi connectivity index (χ3v) is 1.94. The molecule has 0 bridgehead atoms. The quantitative estimate of drug-likeness (QED) is 0.466. The molecule has 80 valence electrons. The minimum absolute atomic E-state index is 0.0526. The van der Waals surface area contributed by atoms with Gasteiger partial charge in [-0.2, -0.15) is 5.10 Å². The largest absolute Gasteiger partial charge is 0.375 e. The van der Waals surface area contributed by atoms with Crippen molar-refractivity contribution in [3.8, 4) is 0 Å². The van der Waals surface area contributed by atoms with Crippen LogP contribution in [0, 0.1) is 5.82 Å². The predicted molar refractivity (Wildman–Crippen MR) is 63.3 cm³/mol. The summed E-state index contributed by atoms with van der Waals surface area (Å²) < 4.78 is 13.4. The molecule has 0 aliphatic carbocycles. The number of halogens is 1. The number of hydrogen-bond acceptors (Lipinski definition) is 2. The van der Waals surface area contributed by atoms with Crippen molar-refractivity contribution in [3.05, 3.63) is 35.1 Å². The first-order valence-corrected chi connectivity index (χ1v) is 4.91. The van der Waals surface area contributed by atoms with Crippen molar-refractivity contribution in [3.63, 3.8) is 0 Å². The molecule has 3 nitrogen and oxygen atoms in total. The van der Waals surface area contributed by atoms with Gasteiger partial charge in [-0.15, -0.1) is 0 Å². The van der Waals surface area contributed by atoms with Crippen molar-refractivity contribution < 1.29 is 4.39 Å². The van der Waals surface area contributed by atoms with Gasteiger partial charge in [-0.3, -0.25) is 5.43 Å². The van der Waals surface area contributed by atoms with Crippen molar-refractivity contribution in [1.82, 2.24) is 5.43 Å². The highest BCUT2D eigenvalue weighted by molar-refractivity contribution is 7.80. The number of aryl methyl sites for hydroxylation is 1. The van der Waals surface area contributed by atoms with Crippen LogP contribution < -0.4 is 11.2 Å². The minimum Gasteiger partial charge on any atom is -0.375 e. The average molecular weight is 225 g/mol. The van der Waals surface area contributed by atoms with Crippen LogP contribution in [0.25, 0.3) is 0 Å². The van der Waals surface area contributed by atoms with Crippen LogP contribution in [0.4, 0.5) is 4.39 Å². The van der Waals surface area contributed by atoms with Gasteiger partial charge in [0, 0.05) is 5.56 Å². The second kappa shape index (κ2) is 5.41. The number of nitrogens with zero attached hydrogens (tertiary/aromatic N) is 1. The summed E-state index contributed by atoms with van der Waals surface area (Å²) in [6.45, 7) is 1.97. The summed E-state index contributed by atoms with van der Waals surface area (Å²) in [6.07, 6.45) is 2.15.